The minimum absolute atomic E-state index is 0.182. The highest BCUT2D eigenvalue weighted by atomic mass is 32.2. The van der Waals surface area contributed by atoms with Crippen LogP contribution >= 0.6 is 11.8 Å². The Kier molecular flexibility index (Phi) is 4.22. The van der Waals surface area contributed by atoms with E-state index in [0.29, 0.717) is 5.16 Å². The second-order valence-electron chi connectivity index (χ2n) is 3.93. The van der Waals surface area contributed by atoms with Gasteiger partial charge < -0.3 is 5.32 Å². The summed E-state index contributed by atoms with van der Waals surface area (Å²) in [5.41, 5.74) is 1.05. The summed E-state index contributed by atoms with van der Waals surface area (Å²) in [6.07, 6.45) is 0. The normalized spacial score (nSPS) is 12.6. The zero-order valence-corrected chi connectivity index (χ0v) is 11.2. The third-order valence-electron chi connectivity index (χ3n) is 2.77. The molecule has 0 bridgehead atoms. The molecular formula is C12H16N4OS. The predicted octanol–water partition coefficient (Wildman–Crippen LogP) is 1.16. The van der Waals surface area contributed by atoms with Crippen LogP contribution in [0.3, 0.4) is 0 Å². The van der Waals surface area contributed by atoms with Gasteiger partial charge in [0.25, 0.3) is 0 Å². The zero-order chi connectivity index (χ0) is 13.0. The second-order valence-corrected chi connectivity index (χ2v) is 4.92. The minimum atomic E-state index is -0.182. The van der Waals surface area contributed by atoms with Gasteiger partial charge in [-0.3, -0.25) is 4.57 Å². The van der Waals surface area contributed by atoms with Crippen LogP contribution in [0.4, 0.5) is 0 Å². The van der Waals surface area contributed by atoms with Crippen LogP contribution in [0.25, 0.3) is 0 Å². The first-order valence-electron chi connectivity index (χ1n) is 5.68. The molecule has 6 heteroatoms. The van der Waals surface area contributed by atoms with Crippen molar-refractivity contribution in [3.63, 3.8) is 0 Å². The molecule has 1 aromatic carbocycles. The van der Waals surface area contributed by atoms with Crippen LogP contribution in [0.2, 0.25) is 0 Å². The van der Waals surface area contributed by atoms with Gasteiger partial charge in [0.15, 0.2) is 5.16 Å². The number of hydrogen-bond acceptors (Lipinski definition) is 4. The summed E-state index contributed by atoms with van der Waals surface area (Å²) in [7, 11) is 3.65. The standard InChI is InChI=1S/C12H16N4OS/c1-13-10(9-6-4-3-5-7-9)8-18-12-15-14-11(17)16(12)2/h3-7,10,13H,8H2,1-2H3,(H,14,17). The van der Waals surface area contributed by atoms with Crippen molar-refractivity contribution in [2.24, 2.45) is 7.05 Å². The molecule has 0 spiro atoms. The summed E-state index contributed by atoms with van der Waals surface area (Å²) in [4.78, 5) is 11.2. The van der Waals surface area contributed by atoms with Gasteiger partial charge in [0.05, 0.1) is 0 Å². The lowest BCUT2D eigenvalue weighted by atomic mass is 10.1. The van der Waals surface area contributed by atoms with Crippen LogP contribution in [0.5, 0.6) is 0 Å². The van der Waals surface area contributed by atoms with Crippen LogP contribution in [0, 0.1) is 0 Å². The van der Waals surface area contributed by atoms with Crippen molar-refractivity contribution in [3.8, 4) is 0 Å². The van der Waals surface area contributed by atoms with E-state index in [4.69, 9.17) is 0 Å². The number of thioether (sulfide) groups is 1. The summed E-state index contributed by atoms with van der Waals surface area (Å²) >= 11 is 1.55. The van der Waals surface area contributed by atoms with Gasteiger partial charge in [-0.05, 0) is 12.6 Å². The van der Waals surface area contributed by atoms with E-state index in [0.717, 1.165) is 5.75 Å². The van der Waals surface area contributed by atoms with E-state index < -0.39 is 0 Å². The molecular weight excluding hydrogens is 248 g/mol. The van der Waals surface area contributed by atoms with Gasteiger partial charge in [-0.2, -0.15) is 0 Å². The van der Waals surface area contributed by atoms with Gasteiger partial charge in [0, 0.05) is 18.8 Å². The molecule has 1 unspecified atom stereocenters. The maximum atomic E-state index is 11.2. The molecule has 2 aromatic rings. The van der Waals surface area contributed by atoms with Crippen molar-refractivity contribution < 1.29 is 0 Å². The van der Waals surface area contributed by atoms with E-state index in [1.165, 1.54) is 10.1 Å². The van der Waals surface area contributed by atoms with Crippen molar-refractivity contribution >= 4 is 11.8 Å². The molecule has 0 aliphatic carbocycles. The number of nitrogens with one attached hydrogen (secondary N) is 2. The molecule has 96 valence electrons. The average molecular weight is 264 g/mol. The summed E-state index contributed by atoms with van der Waals surface area (Å²) in [6.45, 7) is 0. The van der Waals surface area contributed by atoms with Crippen molar-refractivity contribution in [1.29, 1.82) is 0 Å². The van der Waals surface area contributed by atoms with E-state index >= 15 is 0 Å². The molecule has 1 atom stereocenters. The lowest BCUT2D eigenvalue weighted by molar-refractivity contribution is 0.659. The highest BCUT2D eigenvalue weighted by Crippen LogP contribution is 2.21. The molecule has 0 saturated heterocycles. The molecule has 0 saturated carbocycles. The second kappa shape index (κ2) is 5.88. The van der Waals surface area contributed by atoms with E-state index in [9.17, 15) is 4.79 Å². The molecule has 0 aliphatic rings. The topological polar surface area (TPSA) is 62.7 Å². The largest absolute Gasteiger partial charge is 0.343 e. The number of H-pyrrole nitrogens is 1. The van der Waals surface area contributed by atoms with E-state index in [2.05, 4.69) is 27.6 Å². The van der Waals surface area contributed by atoms with E-state index in [-0.39, 0.29) is 11.7 Å². The smallest absolute Gasteiger partial charge is 0.312 e. The first-order valence-corrected chi connectivity index (χ1v) is 6.67. The van der Waals surface area contributed by atoms with E-state index in [1.54, 1.807) is 18.8 Å². The third-order valence-corrected chi connectivity index (χ3v) is 3.89. The molecule has 2 N–H and O–H groups in total. The summed E-state index contributed by atoms with van der Waals surface area (Å²) in [5.74, 6) is 0.818. The van der Waals surface area contributed by atoms with Crippen LogP contribution in [-0.2, 0) is 7.05 Å². The molecule has 2 rings (SSSR count). The molecule has 1 heterocycles. The minimum Gasteiger partial charge on any atom is -0.312 e. The number of benzene rings is 1. The fourth-order valence-corrected chi connectivity index (χ4v) is 2.71. The number of rotatable bonds is 5. The fourth-order valence-electron chi connectivity index (χ4n) is 1.65. The predicted molar refractivity (Wildman–Crippen MR) is 72.8 cm³/mol. The molecule has 0 radical (unpaired) electrons. The maximum absolute atomic E-state index is 11.2. The quantitative estimate of drug-likeness (QED) is 0.796. The highest BCUT2D eigenvalue weighted by molar-refractivity contribution is 7.99. The molecule has 0 fully saturated rings. The third kappa shape index (κ3) is 2.83. The summed E-state index contributed by atoms with van der Waals surface area (Å²) < 4.78 is 1.52. The SMILES string of the molecule is CNC(CSc1n[nH]c(=O)n1C)c1ccccc1. The number of hydrogen-bond donors (Lipinski definition) is 2. The van der Waals surface area contributed by atoms with Gasteiger partial charge in [-0.25, -0.2) is 9.89 Å². The van der Waals surface area contributed by atoms with Crippen LogP contribution < -0.4 is 11.0 Å². The number of nitrogens with zero attached hydrogens (tertiary/aromatic N) is 2. The van der Waals surface area contributed by atoms with Crippen molar-refractivity contribution in [1.82, 2.24) is 20.1 Å². The first-order chi connectivity index (χ1) is 8.72. The summed E-state index contributed by atoms with van der Waals surface area (Å²) in [6, 6.07) is 10.5. The molecule has 5 nitrogen and oxygen atoms in total. The Morgan fingerprint density at radius 1 is 1.44 bits per heavy atom. The van der Waals surface area contributed by atoms with Gasteiger partial charge in [-0.1, -0.05) is 42.1 Å². The molecule has 1 aromatic heterocycles. The molecule has 0 amide bonds. The number of aromatic amines is 1. The molecule has 18 heavy (non-hydrogen) atoms. The Morgan fingerprint density at radius 2 is 2.17 bits per heavy atom. The van der Waals surface area contributed by atoms with Gasteiger partial charge >= 0.3 is 5.69 Å². The van der Waals surface area contributed by atoms with Crippen molar-refractivity contribution in [2.75, 3.05) is 12.8 Å². The lowest BCUT2D eigenvalue weighted by Crippen LogP contribution is -2.19. The number of aromatic nitrogens is 3. The Hall–Kier alpha value is -1.53. The Bertz CT molecular complexity index is 549. The van der Waals surface area contributed by atoms with Crippen molar-refractivity contribution in [3.05, 3.63) is 46.4 Å². The average Bonchev–Trinajstić information content (AvgIpc) is 2.72. The Labute approximate surface area is 110 Å². The van der Waals surface area contributed by atoms with Crippen LogP contribution in [0.15, 0.2) is 40.3 Å². The Balaban J connectivity index is 2.04. The van der Waals surface area contributed by atoms with Crippen molar-refractivity contribution in [2.45, 2.75) is 11.2 Å². The lowest BCUT2D eigenvalue weighted by Gasteiger charge is -2.15. The van der Waals surface area contributed by atoms with Gasteiger partial charge in [0.2, 0.25) is 0 Å². The summed E-state index contributed by atoms with van der Waals surface area (Å²) in [5, 5.41) is 10.4. The zero-order valence-electron chi connectivity index (χ0n) is 10.4. The molecule has 0 aliphatic heterocycles. The maximum Gasteiger partial charge on any atom is 0.343 e. The van der Waals surface area contributed by atoms with Gasteiger partial charge in [-0.15, -0.1) is 5.10 Å². The van der Waals surface area contributed by atoms with E-state index in [1.807, 2.05) is 25.2 Å². The monoisotopic (exact) mass is 264 g/mol. The Morgan fingerprint density at radius 3 is 2.72 bits per heavy atom. The van der Waals surface area contributed by atoms with Crippen LogP contribution in [0.1, 0.15) is 11.6 Å². The van der Waals surface area contributed by atoms with Gasteiger partial charge in [0.1, 0.15) is 0 Å². The fraction of sp³-hybridized carbons (Fsp3) is 0.333. The highest BCUT2D eigenvalue weighted by Gasteiger charge is 2.12. The first kappa shape index (κ1) is 12.9. The van der Waals surface area contributed by atoms with Crippen LogP contribution in [-0.4, -0.2) is 27.6 Å².